The molecule has 0 saturated heterocycles. The molecule has 0 spiro atoms. The molecule has 0 aliphatic rings. The van der Waals surface area contributed by atoms with Gasteiger partial charge in [0.25, 0.3) is 0 Å². The highest BCUT2D eigenvalue weighted by Crippen LogP contribution is 2.26. The molecule has 0 aliphatic carbocycles. The predicted octanol–water partition coefficient (Wildman–Crippen LogP) is 5.69. The second-order valence-electron chi connectivity index (χ2n) is 7.09. The zero-order chi connectivity index (χ0) is 15.3. The molecule has 116 valence electrons. The number of hydrogen-bond acceptors (Lipinski definition) is 1. The van der Waals surface area contributed by atoms with E-state index in [0.717, 1.165) is 12.1 Å². The minimum atomic E-state index is 0.0984. The molecule has 0 fully saturated rings. The molecule has 1 aromatic heterocycles. The normalized spacial score (nSPS) is 12.2. The van der Waals surface area contributed by atoms with Crippen LogP contribution in [0.2, 0.25) is 0 Å². The SMILES string of the molecule is CCCCCCCCn1c(C(C)(C)C)nc2ccccc21. The number of imidazole rings is 1. The van der Waals surface area contributed by atoms with Crippen LogP contribution in [-0.4, -0.2) is 9.55 Å². The first-order valence-electron chi connectivity index (χ1n) is 8.50. The Labute approximate surface area is 129 Å². The Kier molecular flexibility index (Phi) is 5.44. The highest BCUT2D eigenvalue weighted by atomic mass is 15.1. The van der Waals surface area contributed by atoms with Gasteiger partial charge in [-0.25, -0.2) is 4.98 Å². The maximum Gasteiger partial charge on any atom is 0.115 e. The maximum absolute atomic E-state index is 4.88. The van der Waals surface area contributed by atoms with Gasteiger partial charge in [-0.15, -0.1) is 0 Å². The van der Waals surface area contributed by atoms with Crippen LogP contribution >= 0.6 is 0 Å². The van der Waals surface area contributed by atoms with Crippen LogP contribution in [0.1, 0.15) is 72.0 Å². The zero-order valence-corrected chi connectivity index (χ0v) is 14.2. The number of nitrogens with zero attached hydrogens (tertiary/aromatic N) is 2. The van der Waals surface area contributed by atoms with Gasteiger partial charge in [0.15, 0.2) is 0 Å². The van der Waals surface area contributed by atoms with Gasteiger partial charge < -0.3 is 4.57 Å². The fourth-order valence-electron chi connectivity index (χ4n) is 2.92. The van der Waals surface area contributed by atoms with Crippen LogP contribution < -0.4 is 0 Å². The minimum Gasteiger partial charge on any atom is -0.328 e. The largest absolute Gasteiger partial charge is 0.328 e. The molecule has 1 aromatic carbocycles. The van der Waals surface area contributed by atoms with Crippen molar-refractivity contribution >= 4 is 11.0 Å². The topological polar surface area (TPSA) is 17.8 Å². The second-order valence-corrected chi connectivity index (χ2v) is 7.09. The molecule has 0 amide bonds. The first-order chi connectivity index (χ1) is 10.0. The molecule has 0 aliphatic heterocycles. The Morgan fingerprint density at radius 1 is 0.952 bits per heavy atom. The number of fused-ring (bicyclic) bond motifs is 1. The quantitative estimate of drug-likeness (QED) is 0.597. The summed E-state index contributed by atoms with van der Waals surface area (Å²) in [7, 11) is 0. The van der Waals surface area contributed by atoms with Gasteiger partial charge in [0.05, 0.1) is 11.0 Å². The number of para-hydroxylation sites is 2. The van der Waals surface area contributed by atoms with Crippen molar-refractivity contribution in [2.45, 2.75) is 78.2 Å². The Bertz CT molecular complexity index is 560. The van der Waals surface area contributed by atoms with E-state index in [4.69, 9.17) is 4.98 Å². The number of rotatable bonds is 7. The summed E-state index contributed by atoms with van der Waals surface area (Å²) in [6.07, 6.45) is 8.03. The maximum atomic E-state index is 4.88. The highest BCUT2D eigenvalue weighted by molar-refractivity contribution is 5.76. The molecule has 0 unspecified atom stereocenters. The summed E-state index contributed by atoms with van der Waals surface area (Å²) >= 11 is 0. The monoisotopic (exact) mass is 286 g/mol. The van der Waals surface area contributed by atoms with Gasteiger partial charge in [0.2, 0.25) is 0 Å². The predicted molar refractivity (Wildman–Crippen MR) is 91.8 cm³/mol. The smallest absolute Gasteiger partial charge is 0.115 e. The Morgan fingerprint density at radius 3 is 2.33 bits per heavy atom. The number of aryl methyl sites for hydroxylation is 1. The summed E-state index contributed by atoms with van der Waals surface area (Å²) in [5.41, 5.74) is 2.52. The molecule has 2 nitrogen and oxygen atoms in total. The third-order valence-corrected chi connectivity index (χ3v) is 4.06. The Hall–Kier alpha value is -1.31. The first kappa shape index (κ1) is 16.1. The summed E-state index contributed by atoms with van der Waals surface area (Å²) in [5, 5.41) is 0. The molecule has 0 N–H and O–H groups in total. The fraction of sp³-hybridized carbons (Fsp3) is 0.632. The molecule has 1 heterocycles. The Balaban J connectivity index is 2.10. The summed E-state index contributed by atoms with van der Waals surface area (Å²) in [6.45, 7) is 10.1. The molecule has 0 saturated carbocycles. The molecule has 21 heavy (non-hydrogen) atoms. The average molecular weight is 286 g/mol. The van der Waals surface area contributed by atoms with Gasteiger partial charge in [-0.3, -0.25) is 0 Å². The van der Waals surface area contributed by atoms with E-state index in [0.29, 0.717) is 0 Å². The van der Waals surface area contributed by atoms with Crippen molar-refractivity contribution in [3.63, 3.8) is 0 Å². The van der Waals surface area contributed by atoms with Gasteiger partial charge in [0, 0.05) is 12.0 Å². The van der Waals surface area contributed by atoms with E-state index in [9.17, 15) is 0 Å². The lowest BCUT2D eigenvalue weighted by molar-refractivity contribution is 0.485. The van der Waals surface area contributed by atoms with Crippen molar-refractivity contribution in [1.29, 1.82) is 0 Å². The van der Waals surface area contributed by atoms with Crippen LogP contribution in [-0.2, 0) is 12.0 Å². The molecule has 2 aromatic rings. The molecular weight excluding hydrogens is 256 g/mol. The lowest BCUT2D eigenvalue weighted by Crippen LogP contribution is -2.19. The van der Waals surface area contributed by atoms with E-state index in [-0.39, 0.29) is 5.41 Å². The van der Waals surface area contributed by atoms with Gasteiger partial charge in [-0.05, 0) is 18.6 Å². The lowest BCUT2D eigenvalue weighted by atomic mass is 9.95. The summed E-state index contributed by atoms with van der Waals surface area (Å²) < 4.78 is 2.44. The summed E-state index contributed by atoms with van der Waals surface area (Å²) in [6, 6.07) is 8.53. The van der Waals surface area contributed by atoms with Crippen LogP contribution in [0.4, 0.5) is 0 Å². The van der Waals surface area contributed by atoms with Crippen molar-refractivity contribution in [3.05, 3.63) is 30.1 Å². The van der Waals surface area contributed by atoms with E-state index in [1.807, 2.05) is 0 Å². The van der Waals surface area contributed by atoms with E-state index in [2.05, 4.69) is 56.5 Å². The van der Waals surface area contributed by atoms with Gasteiger partial charge in [0.1, 0.15) is 5.82 Å². The van der Waals surface area contributed by atoms with Crippen LogP contribution in [0.15, 0.2) is 24.3 Å². The third-order valence-electron chi connectivity index (χ3n) is 4.06. The van der Waals surface area contributed by atoms with Crippen molar-refractivity contribution in [2.24, 2.45) is 0 Å². The van der Waals surface area contributed by atoms with Crippen molar-refractivity contribution in [3.8, 4) is 0 Å². The number of aromatic nitrogens is 2. The van der Waals surface area contributed by atoms with E-state index in [1.165, 1.54) is 49.9 Å². The van der Waals surface area contributed by atoms with Crippen LogP contribution in [0.5, 0.6) is 0 Å². The second kappa shape index (κ2) is 7.11. The average Bonchev–Trinajstić information content (AvgIpc) is 2.82. The molecule has 0 radical (unpaired) electrons. The summed E-state index contributed by atoms with van der Waals surface area (Å²) in [4.78, 5) is 4.88. The Morgan fingerprint density at radius 2 is 1.62 bits per heavy atom. The third kappa shape index (κ3) is 4.09. The van der Waals surface area contributed by atoms with Crippen molar-refractivity contribution in [2.75, 3.05) is 0 Å². The van der Waals surface area contributed by atoms with E-state index < -0.39 is 0 Å². The fourth-order valence-corrected chi connectivity index (χ4v) is 2.92. The molecule has 2 heteroatoms. The van der Waals surface area contributed by atoms with E-state index in [1.54, 1.807) is 0 Å². The molecule has 2 rings (SSSR count). The standard InChI is InChI=1S/C19H30N2/c1-5-6-7-8-9-12-15-21-17-14-11-10-13-16(17)20-18(21)19(2,3)4/h10-11,13-14H,5-9,12,15H2,1-4H3. The van der Waals surface area contributed by atoms with Crippen LogP contribution in [0.25, 0.3) is 11.0 Å². The van der Waals surface area contributed by atoms with Crippen LogP contribution in [0.3, 0.4) is 0 Å². The van der Waals surface area contributed by atoms with Crippen molar-refractivity contribution < 1.29 is 0 Å². The number of benzene rings is 1. The van der Waals surface area contributed by atoms with E-state index >= 15 is 0 Å². The van der Waals surface area contributed by atoms with Crippen LogP contribution in [0, 0.1) is 0 Å². The first-order valence-corrected chi connectivity index (χ1v) is 8.50. The highest BCUT2D eigenvalue weighted by Gasteiger charge is 2.22. The minimum absolute atomic E-state index is 0.0984. The molecule has 0 atom stereocenters. The van der Waals surface area contributed by atoms with Crippen molar-refractivity contribution in [1.82, 2.24) is 9.55 Å². The number of unbranched alkanes of at least 4 members (excludes halogenated alkanes) is 5. The zero-order valence-electron chi connectivity index (χ0n) is 14.2. The summed E-state index contributed by atoms with van der Waals surface area (Å²) in [5.74, 6) is 1.22. The number of hydrogen-bond donors (Lipinski definition) is 0. The van der Waals surface area contributed by atoms with Gasteiger partial charge in [-0.2, -0.15) is 0 Å². The van der Waals surface area contributed by atoms with Gasteiger partial charge in [-0.1, -0.05) is 71.9 Å². The molecule has 0 bridgehead atoms. The molecular formula is C19H30N2. The van der Waals surface area contributed by atoms with Gasteiger partial charge >= 0.3 is 0 Å². The lowest BCUT2D eigenvalue weighted by Gasteiger charge is -2.20.